The van der Waals surface area contributed by atoms with Gasteiger partial charge in [0.25, 0.3) is 0 Å². The fourth-order valence-electron chi connectivity index (χ4n) is 11.9. The number of ketones is 1. The largest absolute Gasteiger partial charge is 2.00 e. The molecule has 0 radical (unpaired) electrons. The van der Waals surface area contributed by atoms with Crippen LogP contribution in [0.25, 0.3) is 21.5 Å². The van der Waals surface area contributed by atoms with Gasteiger partial charge in [0, 0.05) is 28.5 Å². The van der Waals surface area contributed by atoms with E-state index in [2.05, 4.69) is 128 Å². The van der Waals surface area contributed by atoms with Gasteiger partial charge in [0.2, 0.25) is 0 Å². The number of nitrogens with zero attached hydrogens (tertiary/aromatic N) is 1. The van der Waals surface area contributed by atoms with Crippen LogP contribution in [0.3, 0.4) is 0 Å². The van der Waals surface area contributed by atoms with Gasteiger partial charge in [-0.05, 0) is 115 Å². The number of carbonyl (C=O) groups excluding carboxylic acids is 1. The van der Waals surface area contributed by atoms with Gasteiger partial charge >= 0.3 is 23.1 Å². The minimum absolute atomic E-state index is 0. The summed E-state index contributed by atoms with van der Waals surface area (Å²) < 4.78 is 1.19. The van der Waals surface area contributed by atoms with Crippen molar-refractivity contribution in [3.8, 4) is 0 Å². The van der Waals surface area contributed by atoms with E-state index in [0.29, 0.717) is 17.7 Å². The van der Waals surface area contributed by atoms with Crippen molar-refractivity contribution in [1.29, 1.82) is 0 Å². The first-order valence-corrected chi connectivity index (χ1v) is 31.9. The van der Waals surface area contributed by atoms with Crippen molar-refractivity contribution in [2.75, 3.05) is 4.43 Å². The van der Waals surface area contributed by atoms with E-state index >= 15 is 0 Å². The molecule has 0 amide bonds. The number of carbonyl (C=O) groups is 1. The molecule has 2 nitrogen and oxygen atoms in total. The van der Waals surface area contributed by atoms with Gasteiger partial charge in [0.1, 0.15) is 5.78 Å². The summed E-state index contributed by atoms with van der Waals surface area (Å²) >= 11 is 2.42. The van der Waals surface area contributed by atoms with Crippen molar-refractivity contribution in [2.45, 2.75) is 272 Å². The van der Waals surface area contributed by atoms with E-state index in [1.165, 1.54) is 243 Å². The van der Waals surface area contributed by atoms with Crippen LogP contribution in [0, 0.1) is 24.7 Å². The minimum atomic E-state index is 0. The van der Waals surface area contributed by atoms with Crippen molar-refractivity contribution in [3.63, 3.8) is 0 Å². The summed E-state index contributed by atoms with van der Waals surface area (Å²) in [5.41, 5.74) is 4.45. The van der Waals surface area contributed by atoms with Gasteiger partial charge in [-0.15, -0.1) is 0 Å². The second kappa shape index (κ2) is 46.6. The molecule has 412 valence electrons. The van der Waals surface area contributed by atoms with Crippen LogP contribution in [0.2, 0.25) is 0 Å². The Bertz CT molecular complexity index is 1950. The zero-order valence-electron chi connectivity index (χ0n) is 47.3. The van der Waals surface area contributed by atoms with Crippen molar-refractivity contribution in [2.24, 2.45) is 22.7 Å². The number of benzene rings is 4. The summed E-state index contributed by atoms with van der Waals surface area (Å²) in [7, 11) is 0. The predicted molar refractivity (Wildman–Crippen MR) is 337 cm³/mol. The van der Waals surface area contributed by atoms with Gasteiger partial charge in [0.15, 0.2) is 0 Å². The summed E-state index contributed by atoms with van der Waals surface area (Å²) in [4.78, 5) is 17.7. The van der Waals surface area contributed by atoms with Gasteiger partial charge in [-0.2, -0.15) is 6.92 Å². The van der Waals surface area contributed by atoms with Crippen molar-refractivity contribution < 1.29 is 21.8 Å². The fraction of sp³-hybridized carbons (Fsp3) is 0.667. The molecule has 0 aliphatic heterocycles. The number of fused-ring (bicyclic) bond motifs is 2. The SMILES string of the molecule is C.CCCCCCCCCCCCC1CCC(=NC2CCCCC2)CC1.CCCCCCCCCCCCC1CCC(=O)C(CCc2cccc3ccccc23)C1.ICCc1cccc2ccccc12.[Br-].[CH2-]C.[Mg+2]. The number of halogens is 2. The van der Waals surface area contributed by atoms with Crippen LogP contribution >= 0.6 is 22.6 Å². The van der Waals surface area contributed by atoms with E-state index in [1.807, 2.05) is 0 Å². The third kappa shape index (κ3) is 29.6. The van der Waals surface area contributed by atoms with Crippen molar-refractivity contribution >= 4 is 78.7 Å². The Morgan fingerprint density at radius 2 is 0.919 bits per heavy atom. The summed E-state index contributed by atoms with van der Waals surface area (Å²) in [5.74, 6) is 2.61. The molecule has 0 N–H and O–H groups in total. The Morgan fingerprint density at radius 1 is 0.500 bits per heavy atom. The van der Waals surface area contributed by atoms with Crippen LogP contribution in [0.1, 0.15) is 264 Å². The first kappa shape index (κ1) is 70.7. The van der Waals surface area contributed by atoms with Crippen LogP contribution in [-0.4, -0.2) is 45.0 Å². The molecule has 3 fully saturated rings. The first-order valence-electron chi connectivity index (χ1n) is 30.4. The number of aryl methyl sites for hydroxylation is 2. The molecule has 2 unspecified atom stereocenters. The number of hydrogen-bond acceptors (Lipinski definition) is 2. The maximum absolute atomic E-state index is 12.6. The topological polar surface area (TPSA) is 29.4 Å². The standard InChI is InChI=1S/C30H44O.C24H45N.C12H11I.C2H5.CH4.BrH.Mg/c1-2-3-4-5-6-7-8-9-10-11-15-25-20-23-30(31)28(24-25)22-21-27-18-14-17-26-16-12-13-19-29(26)27;1-2-3-4-5-6-7-8-9-10-12-15-22-18-20-24(21-19-22)25-23-16-13-11-14-17-23;13-9-8-11-6-3-5-10-4-1-2-7-12(10)11;1-2;;;/h12-14,16-19,25,28H,2-11,15,20-24H2,1H3;22-23H,2-21H2,1H3;1-7H,8-9H2;1H2,2H3;1H4;1H;/q;;;-1;;;+2/p-1. The van der Waals surface area contributed by atoms with E-state index < -0.39 is 0 Å². The number of rotatable bonds is 28. The van der Waals surface area contributed by atoms with E-state index in [1.54, 1.807) is 12.6 Å². The zero-order valence-corrected chi connectivity index (χ0v) is 52.4. The van der Waals surface area contributed by atoms with E-state index in [9.17, 15) is 4.79 Å². The van der Waals surface area contributed by atoms with Gasteiger partial charge in [-0.25, -0.2) is 0 Å². The van der Waals surface area contributed by atoms with Crippen LogP contribution in [0.15, 0.2) is 89.9 Å². The van der Waals surface area contributed by atoms with Gasteiger partial charge in [-0.3, -0.25) is 9.79 Å². The van der Waals surface area contributed by atoms with E-state index in [0.717, 1.165) is 43.9 Å². The Kier molecular flexibility index (Phi) is 44.6. The Labute approximate surface area is 498 Å². The monoisotopic (exact) mass is 1200 g/mol. The van der Waals surface area contributed by atoms with Gasteiger partial charge in [-0.1, -0.05) is 289 Å². The van der Waals surface area contributed by atoms with E-state index in [4.69, 9.17) is 4.99 Å². The summed E-state index contributed by atoms with van der Waals surface area (Å²) in [5, 5.41) is 5.43. The van der Waals surface area contributed by atoms with Gasteiger partial charge in [0.05, 0.1) is 0 Å². The number of unbranched alkanes of at least 4 members (excludes halogenated alkanes) is 18. The zero-order chi connectivity index (χ0) is 50.4. The Balaban J connectivity index is 0.000000570. The maximum atomic E-state index is 12.6. The average Bonchev–Trinajstić information content (AvgIpc) is 3.41. The molecule has 74 heavy (non-hydrogen) atoms. The molecule has 2 atom stereocenters. The molecule has 4 aromatic rings. The molecule has 4 aromatic carbocycles. The van der Waals surface area contributed by atoms with E-state index in [-0.39, 0.29) is 47.5 Å². The number of aliphatic imine (C=N–C) groups is 1. The molecule has 5 heteroatoms. The number of alkyl halides is 1. The molecule has 3 saturated carbocycles. The molecular formula is C69H109BrIMgNO. The second-order valence-electron chi connectivity index (χ2n) is 21.9. The quantitative estimate of drug-likeness (QED) is 0.0183. The predicted octanol–water partition coefficient (Wildman–Crippen LogP) is 19.2. The fourth-order valence-corrected chi connectivity index (χ4v) is 12.5. The molecular weight excluding hydrogens is 1090 g/mol. The summed E-state index contributed by atoms with van der Waals surface area (Å²) in [6.07, 6.45) is 50.4. The van der Waals surface area contributed by atoms with Crippen LogP contribution in [0.4, 0.5) is 0 Å². The van der Waals surface area contributed by atoms with Crippen LogP contribution < -0.4 is 17.0 Å². The van der Waals surface area contributed by atoms with Crippen molar-refractivity contribution in [3.05, 3.63) is 103 Å². The average molecular weight is 1200 g/mol. The number of Topliss-reactive ketones (excluding diaryl/α,β-unsaturated/α-hetero) is 1. The van der Waals surface area contributed by atoms with Gasteiger partial charge < -0.3 is 23.9 Å². The molecule has 3 aliphatic carbocycles. The molecule has 0 spiro atoms. The van der Waals surface area contributed by atoms with Crippen molar-refractivity contribution in [1.82, 2.24) is 0 Å². The minimum Gasteiger partial charge on any atom is -1.00 e. The molecule has 0 saturated heterocycles. The molecule has 0 aromatic heterocycles. The summed E-state index contributed by atoms with van der Waals surface area (Å²) in [6.45, 7) is 9.59. The molecule has 7 rings (SSSR count). The molecule has 0 heterocycles. The first-order chi connectivity index (χ1) is 35.1. The molecule has 3 aliphatic rings. The van der Waals surface area contributed by atoms with Crippen LogP contribution in [-0.2, 0) is 17.6 Å². The third-order valence-corrected chi connectivity index (χ3v) is 16.9. The number of hydrogen-bond donors (Lipinski definition) is 0. The summed E-state index contributed by atoms with van der Waals surface area (Å²) in [6, 6.07) is 31.1. The second-order valence-corrected chi connectivity index (χ2v) is 23.0. The third-order valence-electron chi connectivity index (χ3n) is 16.3. The van der Waals surface area contributed by atoms with Crippen LogP contribution in [0.5, 0.6) is 0 Å². The normalized spacial score (nSPS) is 17.5. The maximum Gasteiger partial charge on any atom is 2.00 e. The smallest absolute Gasteiger partial charge is 1.00 e. The Morgan fingerprint density at radius 3 is 1.41 bits per heavy atom. The Hall–Kier alpha value is -1.28. The molecule has 0 bridgehead atoms.